The van der Waals surface area contributed by atoms with E-state index >= 15 is 0 Å². The highest BCUT2D eigenvalue weighted by molar-refractivity contribution is 5.84. The maximum atomic E-state index is 12.8. The topological polar surface area (TPSA) is 67.8 Å². The second kappa shape index (κ2) is 5.29. The number of amidine groups is 1. The molecule has 1 aromatic carbocycles. The van der Waals surface area contributed by atoms with Crippen LogP contribution in [0.4, 0.5) is 8.78 Å². The van der Waals surface area contributed by atoms with E-state index in [0.29, 0.717) is 6.42 Å². The van der Waals surface area contributed by atoms with Gasteiger partial charge in [-0.1, -0.05) is 12.1 Å². The molecule has 0 heterocycles. The second-order valence-electron chi connectivity index (χ2n) is 3.14. The van der Waals surface area contributed by atoms with Gasteiger partial charge in [-0.15, -0.1) is 0 Å². The molecule has 0 aliphatic rings. The van der Waals surface area contributed by atoms with Crippen molar-refractivity contribution < 1.29 is 18.7 Å². The first kappa shape index (κ1) is 12.2. The van der Waals surface area contributed by atoms with Crippen molar-refractivity contribution in [3.63, 3.8) is 0 Å². The number of ether oxygens (including phenoxy) is 1. The van der Waals surface area contributed by atoms with Crippen LogP contribution in [0.1, 0.15) is 13.3 Å². The predicted molar refractivity (Wildman–Crippen MR) is 54.5 cm³/mol. The molecular weight excluding hydrogens is 218 g/mol. The standard InChI is InChI=1S/C10H12F2N2O2/c1-2-9(10(13)14-15)16-8-4-6(11)3-7(12)5-8/h3-5,9,15H,2H2,1H3,(H2,13,14). The molecule has 1 rings (SSSR count). The van der Waals surface area contributed by atoms with Crippen LogP contribution in [0.5, 0.6) is 5.75 Å². The number of benzene rings is 1. The van der Waals surface area contributed by atoms with Gasteiger partial charge in [-0.25, -0.2) is 8.78 Å². The molecule has 0 spiro atoms. The average molecular weight is 230 g/mol. The van der Waals surface area contributed by atoms with Crippen molar-refractivity contribution in [2.24, 2.45) is 10.9 Å². The van der Waals surface area contributed by atoms with Gasteiger partial charge in [0.05, 0.1) is 0 Å². The second-order valence-corrected chi connectivity index (χ2v) is 3.14. The van der Waals surface area contributed by atoms with Crippen LogP contribution < -0.4 is 10.5 Å². The summed E-state index contributed by atoms with van der Waals surface area (Å²) in [4.78, 5) is 0. The summed E-state index contributed by atoms with van der Waals surface area (Å²) in [6.07, 6.45) is -0.306. The third kappa shape index (κ3) is 3.08. The number of nitrogens with two attached hydrogens (primary N) is 1. The maximum absolute atomic E-state index is 12.8. The van der Waals surface area contributed by atoms with Crippen molar-refractivity contribution >= 4 is 5.84 Å². The first-order valence-electron chi connectivity index (χ1n) is 4.67. The van der Waals surface area contributed by atoms with Gasteiger partial charge >= 0.3 is 0 Å². The SMILES string of the molecule is CCC(Oc1cc(F)cc(F)c1)C(N)=NO. The molecule has 0 bridgehead atoms. The van der Waals surface area contributed by atoms with Gasteiger partial charge in [0.25, 0.3) is 0 Å². The fraction of sp³-hybridized carbons (Fsp3) is 0.300. The predicted octanol–water partition coefficient (Wildman–Crippen LogP) is 1.87. The first-order chi connectivity index (χ1) is 7.56. The van der Waals surface area contributed by atoms with Crippen molar-refractivity contribution in [2.75, 3.05) is 0 Å². The third-order valence-corrected chi connectivity index (χ3v) is 1.93. The van der Waals surface area contributed by atoms with Crippen LogP contribution in [-0.4, -0.2) is 17.1 Å². The van der Waals surface area contributed by atoms with Gasteiger partial charge in [0.1, 0.15) is 17.4 Å². The van der Waals surface area contributed by atoms with Gasteiger partial charge < -0.3 is 15.7 Å². The molecule has 0 saturated carbocycles. The van der Waals surface area contributed by atoms with Crippen LogP contribution >= 0.6 is 0 Å². The summed E-state index contributed by atoms with van der Waals surface area (Å²) in [5.74, 6) is -1.64. The Kier molecular flexibility index (Phi) is 4.04. The van der Waals surface area contributed by atoms with Crippen molar-refractivity contribution in [1.82, 2.24) is 0 Å². The smallest absolute Gasteiger partial charge is 0.180 e. The highest BCUT2D eigenvalue weighted by atomic mass is 19.1. The van der Waals surface area contributed by atoms with Crippen LogP contribution in [0, 0.1) is 11.6 Å². The number of rotatable bonds is 4. The molecule has 0 radical (unpaired) electrons. The highest BCUT2D eigenvalue weighted by Crippen LogP contribution is 2.17. The summed E-state index contributed by atoms with van der Waals surface area (Å²) in [5.41, 5.74) is 5.34. The number of halogens is 2. The normalized spacial score (nSPS) is 13.6. The van der Waals surface area contributed by atoms with Crippen LogP contribution in [-0.2, 0) is 0 Å². The van der Waals surface area contributed by atoms with Crippen molar-refractivity contribution in [2.45, 2.75) is 19.4 Å². The largest absolute Gasteiger partial charge is 0.482 e. The molecule has 0 saturated heterocycles. The molecule has 0 amide bonds. The minimum Gasteiger partial charge on any atom is -0.482 e. The molecule has 0 aliphatic carbocycles. The summed E-state index contributed by atoms with van der Waals surface area (Å²) in [6.45, 7) is 1.73. The number of nitrogens with zero attached hydrogens (tertiary/aromatic N) is 1. The van der Waals surface area contributed by atoms with Gasteiger partial charge in [0, 0.05) is 18.2 Å². The van der Waals surface area contributed by atoms with Gasteiger partial charge in [0.2, 0.25) is 0 Å². The van der Waals surface area contributed by atoms with Crippen molar-refractivity contribution in [3.8, 4) is 5.75 Å². The molecule has 1 unspecified atom stereocenters. The van der Waals surface area contributed by atoms with Crippen molar-refractivity contribution in [3.05, 3.63) is 29.8 Å². The average Bonchev–Trinajstić information content (AvgIpc) is 2.23. The van der Waals surface area contributed by atoms with Crippen LogP contribution in [0.2, 0.25) is 0 Å². The van der Waals surface area contributed by atoms with E-state index in [9.17, 15) is 8.78 Å². The minimum absolute atomic E-state index is 0.00375. The monoisotopic (exact) mass is 230 g/mol. The van der Waals surface area contributed by atoms with E-state index in [2.05, 4.69) is 5.16 Å². The summed E-state index contributed by atoms with van der Waals surface area (Å²) >= 11 is 0. The zero-order valence-electron chi connectivity index (χ0n) is 8.65. The lowest BCUT2D eigenvalue weighted by atomic mass is 10.2. The number of oxime groups is 1. The lowest BCUT2D eigenvalue weighted by Crippen LogP contribution is -2.33. The molecule has 1 atom stereocenters. The Hall–Kier alpha value is -1.85. The van der Waals surface area contributed by atoms with Gasteiger partial charge in [-0.3, -0.25) is 0 Å². The zero-order chi connectivity index (χ0) is 12.1. The summed E-state index contributed by atoms with van der Waals surface area (Å²) in [7, 11) is 0. The fourth-order valence-corrected chi connectivity index (χ4v) is 1.18. The molecule has 88 valence electrons. The van der Waals surface area contributed by atoms with Gasteiger partial charge in [0.15, 0.2) is 11.9 Å². The molecule has 0 aromatic heterocycles. The van der Waals surface area contributed by atoms with E-state index in [4.69, 9.17) is 15.7 Å². The Labute approximate surface area is 91.3 Å². The van der Waals surface area contributed by atoms with Gasteiger partial charge in [-0.2, -0.15) is 0 Å². The van der Waals surface area contributed by atoms with Crippen LogP contribution in [0.15, 0.2) is 23.4 Å². The van der Waals surface area contributed by atoms with Crippen molar-refractivity contribution in [1.29, 1.82) is 0 Å². The summed E-state index contributed by atoms with van der Waals surface area (Å²) in [6, 6.07) is 2.78. The van der Waals surface area contributed by atoms with E-state index < -0.39 is 17.7 Å². The molecular formula is C10H12F2N2O2. The Bertz CT molecular complexity index is 376. The Morgan fingerprint density at radius 3 is 2.44 bits per heavy atom. The first-order valence-corrected chi connectivity index (χ1v) is 4.67. The lowest BCUT2D eigenvalue weighted by Gasteiger charge is -2.15. The van der Waals surface area contributed by atoms with Crippen LogP contribution in [0.25, 0.3) is 0 Å². The molecule has 16 heavy (non-hydrogen) atoms. The van der Waals surface area contributed by atoms with E-state index in [0.717, 1.165) is 18.2 Å². The van der Waals surface area contributed by atoms with Gasteiger partial charge in [-0.05, 0) is 6.42 Å². The zero-order valence-corrected chi connectivity index (χ0v) is 8.65. The highest BCUT2D eigenvalue weighted by Gasteiger charge is 2.14. The van der Waals surface area contributed by atoms with E-state index in [1.165, 1.54) is 0 Å². The maximum Gasteiger partial charge on any atom is 0.180 e. The quantitative estimate of drug-likeness (QED) is 0.359. The number of hydrogen-bond donors (Lipinski definition) is 2. The molecule has 1 aromatic rings. The molecule has 0 fully saturated rings. The van der Waals surface area contributed by atoms with E-state index in [1.54, 1.807) is 6.92 Å². The summed E-state index contributed by atoms with van der Waals surface area (Å²) < 4.78 is 30.9. The minimum atomic E-state index is -0.746. The lowest BCUT2D eigenvalue weighted by molar-refractivity contribution is 0.245. The number of hydrogen-bond acceptors (Lipinski definition) is 3. The molecule has 4 nitrogen and oxygen atoms in total. The third-order valence-electron chi connectivity index (χ3n) is 1.93. The molecule has 6 heteroatoms. The van der Waals surface area contributed by atoms with Crippen LogP contribution in [0.3, 0.4) is 0 Å². The fourth-order valence-electron chi connectivity index (χ4n) is 1.18. The Balaban J connectivity index is 2.86. The molecule has 3 N–H and O–H groups in total. The van der Waals surface area contributed by atoms with E-state index in [1.807, 2.05) is 0 Å². The Morgan fingerprint density at radius 2 is 2.00 bits per heavy atom. The Morgan fingerprint density at radius 1 is 1.44 bits per heavy atom. The summed E-state index contributed by atoms with van der Waals surface area (Å²) in [5, 5.41) is 11.2. The van der Waals surface area contributed by atoms with E-state index in [-0.39, 0.29) is 11.6 Å². The molecule has 0 aliphatic heterocycles.